The summed E-state index contributed by atoms with van der Waals surface area (Å²) in [5.41, 5.74) is 2.34. The fraction of sp³-hybridized carbons (Fsp3) is 0.0323. The molecular formula is C31H20BrN3O5. The van der Waals surface area contributed by atoms with Gasteiger partial charge in [0.2, 0.25) is 5.82 Å². The molecule has 6 aromatic rings. The molecule has 40 heavy (non-hydrogen) atoms. The summed E-state index contributed by atoms with van der Waals surface area (Å²) in [6.45, 7) is 0.144. The number of hydrogen-bond donors (Lipinski definition) is 1. The molecule has 0 radical (unpaired) electrons. The van der Waals surface area contributed by atoms with Crippen LogP contribution in [0.4, 0.5) is 0 Å². The Kier molecular flexibility index (Phi) is 6.71. The van der Waals surface area contributed by atoms with Crippen LogP contribution >= 0.6 is 15.9 Å². The van der Waals surface area contributed by atoms with Gasteiger partial charge in [-0.25, -0.2) is 9.78 Å². The number of carboxylic acid groups (broad SMARTS) is 1. The molecule has 0 atom stereocenters. The molecule has 2 aromatic heterocycles. The fourth-order valence-electron chi connectivity index (χ4n) is 4.31. The average molecular weight is 594 g/mol. The van der Waals surface area contributed by atoms with Crippen molar-refractivity contribution in [2.24, 2.45) is 5.10 Å². The Hall–Kier alpha value is -5.02. The smallest absolute Gasteiger partial charge is 0.335 e. The number of nitrogens with zero attached hydrogens (tertiary/aromatic N) is 3. The zero-order chi connectivity index (χ0) is 27.6. The van der Waals surface area contributed by atoms with Crippen LogP contribution < -0.4 is 10.3 Å². The molecule has 2 heterocycles. The van der Waals surface area contributed by atoms with Crippen LogP contribution in [0.3, 0.4) is 0 Å². The van der Waals surface area contributed by atoms with Crippen LogP contribution in [0.5, 0.6) is 5.75 Å². The average Bonchev–Trinajstić information content (AvgIpc) is 3.40. The quantitative estimate of drug-likeness (QED) is 0.206. The molecular weight excluding hydrogens is 574 g/mol. The number of aromatic carboxylic acids is 1. The predicted molar refractivity (Wildman–Crippen MR) is 156 cm³/mol. The van der Waals surface area contributed by atoms with Crippen molar-refractivity contribution in [2.45, 2.75) is 6.61 Å². The number of aromatic nitrogens is 2. The molecule has 0 spiro atoms. The van der Waals surface area contributed by atoms with E-state index in [2.05, 4.69) is 21.0 Å². The maximum atomic E-state index is 13.6. The second-order valence-electron chi connectivity index (χ2n) is 8.94. The summed E-state index contributed by atoms with van der Waals surface area (Å²) in [5, 5.41) is 15.1. The largest absolute Gasteiger partial charge is 0.488 e. The van der Waals surface area contributed by atoms with E-state index in [1.165, 1.54) is 17.0 Å². The highest BCUT2D eigenvalue weighted by Gasteiger charge is 2.16. The van der Waals surface area contributed by atoms with Crippen LogP contribution in [0, 0.1) is 0 Å². The van der Waals surface area contributed by atoms with Crippen LogP contribution in [0.15, 0.2) is 116 Å². The zero-order valence-electron chi connectivity index (χ0n) is 20.8. The summed E-state index contributed by atoms with van der Waals surface area (Å²) in [7, 11) is 0. The molecule has 0 amide bonds. The SMILES string of the molecule is O=C(O)c1cccc(COc2ccc(Br)cc2C=Nn2c(-c3cc4ccccc4o3)nc3ccccc3c2=O)c1. The molecule has 0 aliphatic rings. The summed E-state index contributed by atoms with van der Waals surface area (Å²) >= 11 is 3.48. The summed E-state index contributed by atoms with van der Waals surface area (Å²) in [4.78, 5) is 29.6. The molecule has 0 aliphatic heterocycles. The van der Waals surface area contributed by atoms with E-state index >= 15 is 0 Å². The molecule has 6 rings (SSSR count). The molecule has 0 aliphatic carbocycles. The Morgan fingerprint density at radius 1 is 1.00 bits per heavy atom. The predicted octanol–water partition coefficient (Wildman–Crippen LogP) is 6.73. The lowest BCUT2D eigenvalue weighted by atomic mass is 10.1. The summed E-state index contributed by atoms with van der Waals surface area (Å²) in [5.74, 6) is 0.164. The monoisotopic (exact) mass is 593 g/mol. The van der Waals surface area contributed by atoms with Crippen molar-refractivity contribution < 1.29 is 19.1 Å². The Labute approximate surface area is 235 Å². The minimum atomic E-state index is -1.01. The summed E-state index contributed by atoms with van der Waals surface area (Å²) in [6, 6.07) is 28.4. The molecule has 9 heteroatoms. The van der Waals surface area contributed by atoms with E-state index in [1.54, 1.807) is 42.5 Å². The number of ether oxygens (including phenoxy) is 1. The number of furan rings is 1. The first-order valence-electron chi connectivity index (χ1n) is 12.3. The maximum Gasteiger partial charge on any atom is 0.335 e. The third-order valence-corrected chi connectivity index (χ3v) is 6.75. The van der Waals surface area contributed by atoms with Gasteiger partial charge >= 0.3 is 5.97 Å². The van der Waals surface area contributed by atoms with Gasteiger partial charge in [-0.15, -0.1) is 0 Å². The Morgan fingerprint density at radius 2 is 1.82 bits per heavy atom. The van der Waals surface area contributed by atoms with Gasteiger partial charge in [-0.1, -0.05) is 58.4 Å². The first-order valence-corrected chi connectivity index (χ1v) is 13.1. The highest BCUT2D eigenvalue weighted by molar-refractivity contribution is 9.10. The highest BCUT2D eigenvalue weighted by atomic mass is 79.9. The van der Waals surface area contributed by atoms with E-state index in [9.17, 15) is 14.7 Å². The van der Waals surface area contributed by atoms with Crippen LogP contribution in [-0.2, 0) is 6.61 Å². The molecule has 0 saturated heterocycles. The van der Waals surface area contributed by atoms with Crippen molar-refractivity contribution in [1.82, 2.24) is 9.66 Å². The van der Waals surface area contributed by atoms with Gasteiger partial charge in [0.15, 0.2) is 5.76 Å². The molecule has 8 nitrogen and oxygen atoms in total. The Bertz CT molecular complexity index is 1960. The number of hydrogen-bond acceptors (Lipinski definition) is 6. The topological polar surface area (TPSA) is 107 Å². The third-order valence-electron chi connectivity index (χ3n) is 6.25. The van der Waals surface area contributed by atoms with E-state index in [4.69, 9.17) is 14.1 Å². The number of carbonyl (C=O) groups is 1. The number of benzene rings is 4. The number of halogens is 1. The normalized spacial score (nSPS) is 11.4. The minimum Gasteiger partial charge on any atom is -0.488 e. The van der Waals surface area contributed by atoms with E-state index in [0.717, 1.165) is 9.86 Å². The van der Waals surface area contributed by atoms with Crippen molar-refractivity contribution in [1.29, 1.82) is 0 Å². The molecule has 1 N–H and O–H groups in total. The maximum absolute atomic E-state index is 13.6. The lowest BCUT2D eigenvalue weighted by Gasteiger charge is -2.11. The second-order valence-corrected chi connectivity index (χ2v) is 9.85. The second kappa shape index (κ2) is 10.6. The van der Waals surface area contributed by atoms with Gasteiger partial charge in [0.05, 0.1) is 22.7 Å². The van der Waals surface area contributed by atoms with Gasteiger partial charge in [0.1, 0.15) is 17.9 Å². The lowest BCUT2D eigenvalue weighted by Crippen LogP contribution is -2.20. The highest BCUT2D eigenvalue weighted by Crippen LogP contribution is 2.28. The first kappa shape index (κ1) is 25.3. The van der Waals surface area contributed by atoms with E-state index in [1.807, 2.05) is 48.5 Å². The van der Waals surface area contributed by atoms with Crippen molar-refractivity contribution >= 4 is 50.0 Å². The number of para-hydroxylation sites is 2. The minimum absolute atomic E-state index is 0.144. The standard InChI is InChI=1S/C31H20BrN3O5/c32-23-12-13-26(39-18-19-6-5-8-21(14-19)31(37)38)22(15-23)17-33-35-29(28-16-20-7-1-4-11-27(20)40-28)34-25-10-3-2-9-24(25)30(35)36/h1-17H,18H2,(H,37,38). The lowest BCUT2D eigenvalue weighted by molar-refractivity contribution is 0.0696. The van der Waals surface area contributed by atoms with Crippen LogP contribution in [0.25, 0.3) is 33.5 Å². The molecule has 0 fully saturated rings. The summed E-state index contributed by atoms with van der Waals surface area (Å²) < 4.78 is 14.1. The van der Waals surface area contributed by atoms with Gasteiger partial charge in [-0.3, -0.25) is 4.79 Å². The molecule has 0 bridgehead atoms. The first-order chi connectivity index (χ1) is 19.5. The van der Waals surface area contributed by atoms with Crippen molar-refractivity contribution in [3.8, 4) is 17.3 Å². The van der Waals surface area contributed by atoms with Crippen molar-refractivity contribution in [3.63, 3.8) is 0 Å². The van der Waals surface area contributed by atoms with E-state index in [0.29, 0.717) is 39.1 Å². The molecule has 196 valence electrons. The molecule has 4 aromatic carbocycles. The molecule has 0 unspecified atom stereocenters. The summed E-state index contributed by atoms with van der Waals surface area (Å²) in [6.07, 6.45) is 1.53. The van der Waals surface area contributed by atoms with E-state index < -0.39 is 5.97 Å². The number of carboxylic acids is 1. The van der Waals surface area contributed by atoms with Gasteiger partial charge in [0.25, 0.3) is 5.56 Å². The number of fused-ring (bicyclic) bond motifs is 2. The van der Waals surface area contributed by atoms with E-state index in [-0.39, 0.29) is 23.6 Å². The van der Waals surface area contributed by atoms with Crippen molar-refractivity contribution in [3.05, 3.63) is 129 Å². The van der Waals surface area contributed by atoms with Gasteiger partial charge in [-0.2, -0.15) is 9.78 Å². The Morgan fingerprint density at radius 3 is 2.67 bits per heavy atom. The van der Waals surface area contributed by atoms with Crippen LogP contribution in [0.2, 0.25) is 0 Å². The van der Waals surface area contributed by atoms with Crippen LogP contribution in [0.1, 0.15) is 21.5 Å². The Balaban J connectivity index is 1.41. The molecule has 0 saturated carbocycles. The third kappa shape index (κ3) is 5.02. The van der Waals surface area contributed by atoms with Gasteiger partial charge in [0, 0.05) is 15.4 Å². The van der Waals surface area contributed by atoms with Crippen LogP contribution in [-0.4, -0.2) is 27.0 Å². The number of rotatable bonds is 7. The van der Waals surface area contributed by atoms with Gasteiger partial charge < -0.3 is 14.3 Å². The zero-order valence-corrected chi connectivity index (χ0v) is 22.4. The van der Waals surface area contributed by atoms with Gasteiger partial charge in [-0.05, 0) is 60.2 Å². The fourth-order valence-corrected chi connectivity index (χ4v) is 4.69. The van der Waals surface area contributed by atoms with Crippen molar-refractivity contribution in [2.75, 3.05) is 0 Å².